The molecular formula is C26H28N2O2S. The zero-order valence-electron chi connectivity index (χ0n) is 18.0. The van der Waals surface area contributed by atoms with Gasteiger partial charge in [-0.1, -0.05) is 55.8 Å². The maximum absolute atomic E-state index is 13.5. The van der Waals surface area contributed by atoms with Gasteiger partial charge in [0.25, 0.3) is 0 Å². The van der Waals surface area contributed by atoms with Crippen molar-refractivity contribution in [2.24, 2.45) is 0 Å². The van der Waals surface area contributed by atoms with Gasteiger partial charge in [-0.3, -0.25) is 14.5 Å². The van der Waals surface area contributed by atoms with Crippen LogP contribution in [0.25, 0.3) is 0 Å². The number of anilines is 3. The molecule has 31 heavy (non-hydrogen) atoms. The number of rotatable bonds is 9. The van der Waals surface area contributed by atoms with Crippen LogP contribution in [0.1, 0.15) is 33.1 Å². The summed E-state index contributed by atoms with van der Waals surface area (Å²) in [6.07, 6.45) is 2.38. The smallest absolute Gasteiger partial charge is 0.244 e. The second-order valence-corrected chi connectivity index (χ2v) is 8.70. The Kier molecular flexibility index (Phi) is 8.30. The fourth-order valence-corrected chi connectivity index (χ4v) is 4.17. The van der Waals surface area contributed by atoms with Crippen molar-refractivity contribution in [3.8, 4) is 0 Å². The summed E-state index contributed by atoms with van der Waals surface area (Å²) in [5, 5.41) is 2.63. The highest BCUT2D eigenvalue weighted by molar-refractivity contribution is 8.00. The largest absolute Gasteiger partial charge is 0.326 e. The molecule has 5 heteroatoms. The highest BCUT2D eigenvalue weighted by atomic mass is 32.2. The molecule has 0 aromatic heterocycles. The number of nitrogens with one attached hydrogen (secondary N) is 1. The maximum atomic E-state index is 13.5. The Balaban J connectivity index is 1.75. The normalized spacial score (nSPS) is 11.5. The number of benzene rings is 3. The van der Waals surface area contributed by atoms with Crippen LogP contribution in [0.5, 0.6) is 0 Å². The summed E-state index contributed by atoms with van der Waals surface area (Å²) < 4.78 is 0. The van der Waals surface area contributed by atoms with Gasteiger partial charge in [0, 0.05) is 28.4 Å². The van der Waals surface area contributed by atoms with Gasteiger partial charge in [0.2, 0.25) is 11.8 Å². The third kappa shape index (κ3) is 6.46. The van der Waals surface area contributed by atoms with E-state index in [1.807, 2.05) is 91.9 Å². The molecule has 160 valence electrons. The zero-order chi connectivity index (χ0) is 22.1. The fraction of sp³-hybridized carbons (Fsp3) is 0.231. The molecule has 0 heterocycles. The number of nitrogens with zero attached hydrogens (tertiary/aromatic N) is 1. The Bertz CT molecular complexity index is 953. The lowest BCUT2D eigenvalue weighted by atomic mass is 10.2. The van der Waals surface area contributed by atoms with E-state index in [9.17, 15) is 9.59 Å². The lowest BCUT2D eigenvalue weighted by molar-refractivity contribution is -0.117. The second kappa shape index (κ2) is 11.4. The van der Waals surface area contributed by atoms with Crippen LogP contribution >= 0.6 is 11.8 Å². The summed E-state index contributed by atoms with van der Waals surface area (Å²) in [6.45, 7) is 3.98. The van der Waals surface area contributed by atoms with Crippen molar-refractivity contribution in [1.29, 1.82) is 0 Å². The van der Waals surface area contributed by atoms with Crippen LogP contribution in [0.4, 0.5) is 17.1 Å². The van der Waals surface area contributed by atoms with Gasteiger partial charge in [0.15, 0.2) is 0 Å². The van der Waals surface area contributed by atoms with Crippen molar-refractivity contribution in [2.75, 3.05) is 10.2 Å². The molecule has 3 aromatic rings. The fourth-order valence-electron chi connectivity index (χ4n) is 3.20. The van der Waals surface area contributed by atoms with Crippen LogP contribution in [0.3, 0.4) is 0 Å². The molecule has 3 rings (SSSR count). The number of carbonyl (C=O) groups excluding carboxylic acids is 2. The Morgan fingerprint density at radius 2 is 1.52 bits per heavy atom. The molecule has 0 aliphatic rings. The number of hydrogen-bond donors (Lipinski definition) is 1. The molecule has 1 N–H and O–H groups in total. The molecular weight excluding hydrogens is 404 g/mol. The van der Waals surface area contributed by atoms with Crippen molar-refractivity contribution in [3.05, 3.63) is 84.9 Å². The number of thioether (sulfide) groups is 1. The molecule has 0 saturated heterocycles. The van der Waals surface area contributed by atoms with E-state index in [1.165, 1.54) is 11.8 Å². The predicted octanol–water partition coefficient (Wildman–Crippen LogP) is 6.66. The quantitative estimate of drug-likeness (QED) is 0.385. The van der Waals surface area contributed by atoms with Crippen molar-refractivity contribution < 1.29 is 9.59 Å². The first-order valence-electron chi connectivity index (χ1n) is 10.6. The van der Waals surface area contributed by atoms with Gasteiger partial charge in [-0.15, -0.1) is 11.8 Å². The SMILES string of the molecule is CCCCC(=O)Nc1cccc(SC(C)C(=O)N(c2ccccc2)c2ccccc2)c1. The van der Waals surface area contributed by atoms with Crippen LogP contribution in [0.2, 0.25) is 0 Å². The first-order chi connectivity index (χ1) is 15.1. The summed E-state index contributed by atoms with van der Waals surface area (Å²) in [4.78, 5) is 28.2. The molecule has 0 fully saturated rings. The van der Waals surface area contributed by atoms with Gasteiger partial charge in [-0.05, 0) is 55.8 Å². The predicted molar refractivity (Wildman–Crippen MR) is 130 cm³/mol. The lowest BCUT2D eigenvalue weighted by Crippen LogP contribution is -2.32. The van der Waals surface area contributed by atoms with Crippen molar-refractivity contribution >= 4 is 40.6 Å². The van der Waals surface area contributed by atoms with Gasteiger partial charge >= 0.3 is 0 Å². The standard InChI is InChI=1S/C26H28N2O2S/c1-3-4-18-25(29)27-21-12-11-17-24(19-21)31-20(2)26(30)28(22-13-7-5-8-14-22)23-15-9-6-10-16-23/h5-17,19-20H,3-4,18H2,1-2H3,(H,27,29). The van der Waals surface area contributed by atoms with E-state index < -0.39 is 0 Å². The Hall–Kier alpha value is -3.05. The van der Waals surface area contributed by atoms with E-state index >= 15 is 0 Å². The van der Waals surface area contributed by atoms with Crippen LogP contribution in [0.15, 0.2) is 89.8 Å². The first-order valence-corrected chi connectivity index (χ1v) is 11.5. The Labute approximate surface area is 188 Å². The molecule has 3 aromatic carbocycles. The minimum Gasteiger partial charge on any atom is -0.326 e. The van der Waals surface area contributed by atoms with Crippen LogP contribution in [-0.2, 0) is 9.59 Å². The summed E-state index contributed by atoms with van der Waals surface area (Å²) >= 11 is 1.49. The van der Waals surface area contributed by atoms with E-state index in [4.69, 9.17) is 0 Å². The van der Waals surface area contributed by atoms with Gasteiger partial charge < -0.3 is 5.32 Å². The number of unbranched alkanes of at least 4 members (excludes halogenated alkanes) is 1. The summed E-state index contributed by atoms with van der Waals surface area (Å²) in [7, 11) is 0. The van der Waals surface area contributed by atoms with Gasteiger partial charge in [0.1, 0.15) is 0 Å². The van der Waals surface area contributed by atoms with Crippen LogP contribution < -0.4 is 10.2 Å². The third-order valence-corrected chi connectivity index (χ3v) is 5.87. The Morgan fingerprint density at radius 1 is 0.903 bits per heavy atom. The molecule has 0 saturated carbocycles. The van der Waals surface area contributed by atoms with Crippen molar-refractivity contribution in [3.63, 3.8) is 0 Å². The first kappa shape index (κ1) is 22.6. The molecule has 0 aliphatic carbocycles. The van der Waals surface area contributed by atoms with E-state index in [2.05, 4.69) is 12.2 Å². The number of para-hydroxylation sites is 2. The number of amides is 2. The highest BCUT2D eigenvalue weighted by Gasteiger charge is 2.24. The Morgan fingerprint density at radius 3 is 2.10 bits per heavy atom. The molecule has 0 radical (unpaired) electrons. The number of carbonyl (C=O) groups is 2. The molecule has 1 unspecified atom stereocenters. The van der Waals surface area contributed by atoms with Gasteiger partial charge in [-0.25, -0.2) is 0 Å². The molecule has 4 nitrogen and oxygen atoms in total. The second-order valence-electron chi connectivity index (χ2n) is 7.28. The summed E-state index contributed by atoms with van der Waals surface area (Å²) in [5.74, 6) is 0.0206. The monoisotopic (exact) mass is 432 g/mol. The molecule has 0 spiro atoms. The van der Waals surface area contributed by atoms with E-state index in [0.29, 0.717) is 6.42 Å². The minimum atomic E-state index is -0.313. The molecule has 1 atom stereocenters. The summed E-state index contributed by atoms with van der Waals surface area (Å²) in [6, 6.07) is 27.0. The molecule has 2 amide bonds. The third-order valence-electron chi connectivity index (χ3n) is 4.78. The minimum absolute atomic E-state index is 0.000200. The highest BCUT2D eigenvalue weighted by Crippen LogP contribution is 2.32. The van der Waals surface area contributed by atoms with Gasteiger partial charge in [0.05, 0.1) is 5.25 Å². The lowest BCUT2D eigenvalue weighted by Gasteiger charge is -2.26. The topological polar surface area (TPSA) is 49.4 Å². The average Bonchev–Trinajstić information content (AvgIpc) is 2.79. The zero-order valence-corrected chi connectivity index (χ0v) is 18.8. The molecule has 0 bridgehead atoms. The van der Waals surface area contributed by atoms with Crippen molar-refractivity contribution in [1.82, 2.24) is 0 Å². The van der Waals surface area contributed by atoms with Gasteiger partial charge in [-0.2, -0.15) is 0 Å². The van der Waals surface area contributed by atoms with E-state index in [1.54, 1.807) is 4.90 Å². The average molecular weight is 433 g/mol. The maximum Gasteiger partial charge on any atom is 0.244 e. The van der Waals surface area contributed by atoms with E-state index in [-0.39, 0.29) is 17.1 Å². The van der Waals surface area contributed by atoms with Crippen LogP contribution in [0, 0.1) is 0 Å². The van der Waals surface area contributed by atoms with Crippen LogP contribution in [-0.4, -0.2) is 17.1 Å². The molecule has 0 aliphatic heterocycles. The summed E-state index contributed by atoms with van der Waals surface area (Å²) in [5.41, 5.74) is 2.43. The van der Waals surface area contributed by atoms with Crippen molar-refractivity contribution in [2.45, 2.75) is 43.3 Å². The van der Waals surface area contributed by atoms with E-state index in [0.717, 1.165) is 34.8 Å². The number of hydrogen-bond acceptors (Lipinski definition) is 3.